The Bertz CT molecular complexity index is 861. The Kier molecular flexibility index (Phi) is 7.54. The summed E-state index contributed by atoms with van der Waals surface area (Å²) in [6.07, 6.45) is 1.90. The number of hydrogen-bond acceptors (Lipinski definition) is 7. The second kappa shape index (κ2) is 10.3. The molecule has 2 aliphatic rings. The molecule has 0 aliphatic carbocycles. The van der Waals surface area contributed by atoms with Crippen molar-refractivity contribution < 1.29 is 23.8 Å². The third-order valence-corrected chi connectivity index (χ3v) is 5.53. The highest BCUT2D eigenvalue weighted by Gasteiger charge is 2.34. The van der Waals surface area contributed by atoms with Gasteiger partial charge in [0, 0.05) is 45.0 Å². The Morgan fingerprint density at radius 1 is 1.13 bits per heavy atom. The van der Waals surface area contributed by atoms with E-state index in [0.717, 1.165) is 32.7 Å². The Hall–Kier alpha value is -3.04. The molecule has 3 rings (SSSR count). The van der Waals surface area contributed by atoms with E-state index in [1.807, 2.05) is 6.08 Å². The third kappa shape index (κ3) is 5.18. The fourth-order valence-electron chi connectivity index (χ4n) is 3.91. The summed E-state index contributed by atoms with van der Waals surface area (Å²) in [5.41, 5.74) is 1.62. The Balaban J connectivity index is 1.91. The molecule has 9 heteroatoms. The van der Waals surface area contributed by atoms with Gasteiger partial charge in [-0.25, -0.2) is 9.59 Å². The summed E-state index contributed by atoms with van der Waals surface area (Å²) in [7, 11) is 4.43. The van der Waals surface area contributed by atoms with Crippen LogP contribution in [0.15, 0.2) is 42.1 Å². The summed E-state index contributed by atoms with van der Waals surface area (Å²) in [6, 6.07) is 4.26. The molecular formula is C22H30N4O5. The first kappa shape index (κ1) is 22.6. The summed E-state index contributed by atoms with van der Waals surface area (Å²) in [5, 5.41) is 5.65. The van der Waals surface area contributed by atoms with Gasteiger partial charge in [0.25, 0.3) is 0 Å². The number of nitrogens with zero attached hydrogens (tertiary/aromatic N) is 2. The van der Waals surface area contributed by atoms with E-state index < -0.39 is 12.0 Å². The van der Waals surface area contributed by atoms with Gasteiger partial charge >= 0.3 is 12.0 Å². The molecule has 0 spiro atoms. The lowest BCUT2D eigenvalue weighted by molar-refractivity contribution is -0.136. The average molecular weight is 431 g/mol. The van der Waals surface area contributed by atoms with Gasteiger partial charge in [-0.2, -0.15) is 0 Å². The summed E-state index contributed by atoms with van der Waals surface area (Å²) in [6.45, 7) is 8.55. The number of piperazine rings is 1. The number of amides is 2. The molecule has 0 bridgehead atoms. The number of carbonyl (C=O) groups is 2. The molecule has 9 nitrogen and oxygen atoms in total. The maximum absolute atomic E-state index is 12.8. The van der Waals surface area contributed by atoms with Crippen molar-refractivity contribution in [2.75, 3.05) is 60.6 Å². The summed E-state index contributed by atoms with van der Waals surface area (Å²) in [5.74, 6) is 0.581. The van der Waals surface area contributed by atoms with E-state index in [-0.39, 0.29) is 6.03 Å². The molecular weight excluding hydrogens is 400 g/mol. The maximum Gasteiger partial charge on any atom is 0.338 e. The van der Waals surface area contributed by atoms with E-state index in [2.05, 4.69) is 27.0 Å². The first-order valence-electron chi connectivity index (χ1n) is 10.2. The number of ether oxygens (including phenoxy) is 3. The van der Waals surface area contributed by atoms with E-state index in [4.69, 9.17) is 14.2 Å². The van der Waals surface area contributed by atoms with Crippen LogP contribution in [0.4, 0.5) is 4.79 Å². The topological polar surface area (TPSA) is 92.4 Å². The van der Waals surface area contributed by atoms with Crippen LogP contribution in [0.2, 0.25) is 0 Å². The third-order valence-electron chi connectivity index (χ3n) is 5.53. The van der Waals surface area contributed by atoms with Crippen LogP contribution in [0.5, 0.6) is 11.5 Å². The van der Waals surface area contributed by atoms with Crippen LogP contribution < -0.4 is 20.1 Å². The van der Waals surface area contributed by atoms with E-state index in [1.165, 1.54) is 14.2 Å². The lowest BCUT2D eigenvalue weighted by atomic mass is 9.94. The summed E-state index contributed by atoms with van der Waals surface area (Å²) < 4.78 is 15.8. The van der Waals surface area contributed by atoms with E-state index in [0.29, 0.717) is 34.9 Å². The van der Waals surface area contributed by atoms with Crippen molar-refractivity contribution in [3.63, 3.8) is 0 Å². The van der Waals surface area contributed by atoms with Crippen LogP contribution in [0.1, 0.15) is 11.6 Å². The number of methoxy groups -OCH3 is 3. The molecule has 1 atom stereocenters. The van der Waals surface area contributed by atoms with Crippen molar-refractivity contribution in [3.8, 4) is 11.5 Å². The van der Waals surface area contributed by atoms with Gasteiger partial charge < -0.3 is 24.8 Å². The normalized spacial score (nSPS) is 20.0. The van der Waals surface area contributed by atoms with Gasteiger partial charge in [0.15, 0.2) is 11.5 Å². The largest absolute Gasteiger partial charge is 0.493 e. The molecule has 1 fully saturated rings. The summed E-state index contributed by atoms with van der Waals surface area (Å²) in [4.78, 5) is 29.8. The van der Waals surface area contributed by atoms with Crippen molar-refractivity contribution in [2.24, 2.45) is 0 Å². The van der Waals surface area contributed by atoms with Crippen LogP contribution in [-0.2, 0) is 9.53 Å². The van der Waals surface area contributed by atoms with Crippen molar-refractivity contribution >= 4 is 12.0 Å². The smallest absolute Gasteiger partial charge is 0.338 e. The van der Waals surface area contributed by atoms with Crippen molar-refractivity contribution in [2.45, 2.75) is 6.04 Å². The minimum atomic E-state index is -0.668. The molecule has 0 unspecified atom stereocenters. The monoisotopic (exact) mass is 430 g/mol. The predicted molar refractivity (Wildman–Crippen MR) is 116 cm³/mol. The van der Waals surface area contributed by atoms with Gasteiger partial charge in [0.05, 0.1) is 32.9 Å². The van der Waals surface area contributed by atoms with Crippen LogP contribution in [0.3, 0.4) is 0 Å². The zero-order chi connectivity index (χ0) is 22.4. The lowest BCUT2D eigenvalue weighted by Gasteiger charge is -2.36. The Morgan fingerprint density at radius 2 is 1.81 bits per heavy atom. The molecule has 2 N–H and O–H groups in total. The molecule has 1 aromatic rings. The standard InChI is InChI=1S/C22H30N4O5/c1-5-8-25-9-11-26(12-10-25)14-16-19(21(27)31-4)20(24-22(28)23-16)15-6-7-17(29-2)18(13-15)30-3/h5-7,13,20H,1,8-12,14H2,2-4H3,(H2,23,24,28)/t20-/m0/s1. The minimum Gasteiger partial charge on any atom is -0.493 e. The van der Waals surface area contributed by atoms with Gasteiger partial charge in [0.1, 0.15) is 0 Å². The van der Waals surface area contributed by atoms with Crippen LogP contribution in [0.25, 0.3) is 0 Å². The molecule has 168 valence electrons. The number of carbonyl (C=O) groups excluding carboxylic acids is 2. The molecule has 0 aromatic heterocycles. The predicted octanol–water partition coefficient (Wildman–Crippen LogP) is 1.29. The Labute approximate surface area is 182 Å². The van der Waals surface area contributed by atoms with Gasteiger partial charge in [-0.05, 0) is 17.7 Å². The second-order valence-electron chi connectivity index (χ2n) is 7.40. The van der Waals surface area contributed by atoms with Crippen molar-refractivity contribution in [3.05, 3.63) is 47.7 Å². The summed E-state index contributed by atoms with van der Waals surface area (Å²) >= 11 is 0. The Morgan fingerprint density at radius 3 is 2.42 bits per heavy atom. The highest BCUT2D eigenvalue weighted by atomic mass is 16.5. The van der Waals surface area contributed by atoms with E-state index in [1.54, 1.807) is 25.3 Å². The second-order valence-corrected chi connectivity index (χ2v) is 7.40. The highest BCUT2D eigenvalue weighted by Crippen LogP contribution is 2.34. The molecule has 31 heavy (non-hydrogen) atoms. The average Bonchev–Trinajstić information content (AvgIpc) is 2.79. The fourth-order valence-corrected chi connectivity index (χ4v) is 3.91. The van der Waals surface area contributed by atoms with Crippen LogP contribution in [0, 0.1) is 0 Å². The van der Waals surface area contributed by atoms with Crippen LogP contribution >= 0.6 is 0 Å². The molecule has 2 aliphatic heterocycles. The van der Waals surface area contributed by atoms with Crippen molar-refractivity contribution in [1.29, 1.82) is 0 Å². The zero-order valence-corrected chi connectivity index (χ0v) is 18.3. The number of nitrogens with one attached hydrogen (secondary N) is 2. The number of hydrogen-bond donors (Lipinski definition) is 2. The number of urea groups is 1. The van der Waals surface area contributed by atoms with Crippen LogP contribution in [-0.4, -0.2) is 82.4 Å². The van der Waals surface area contributed by atoms with Gasteiger partial charge in [-0.15, -0.1) is 6.58 Å². The minimum absolute atomic E-state index is 0.368. The number of esters is 1. The quantitative estimate of drug-likeness (QED) is 0.474. The molecule has 1 saturated heterocycles. The molecule has 2 heterocycles. The van der Waals surface area contributed by atoms with E-state index >= 15 is 0 Å². The van der Waals surface area contributed by atoms with E-state index in [9.17, 15) is 9.59 Å². The molecule has 0 radical (unpaired) electrons. The number of benzene rings is 1. The first-order valence-corrected chi connectivity index (χ1v) is 10.2. The fraction of sp³-hybridized carbons (Fsp3) is 0.455. The van der Waals surface area contributed by atoms with Gasteiger partial charge in [-0.3, -0.25) is 9.80 Å². The van der Waals surface area contributed by atoms with Gasteiger partial charge in [0.2, 0.25) is 0 Å². The zero-order valence-electron chi connectivity index (χ0n) is 18.3. The molecule has 1 aromatic carbocycles. The highest BCUT2D eigenvalue weighted by molar-refractivity contribution is 5.95. The SMILES string of the molecule is C=CCN1CCN(CC2=C(C(=O)OC)[C@H](c3ccc(OC)c(OC)c3)NC(=O)N2)CC1. The van der Waals surface area contributed by atoms with Gasteiger partial charge in [-0.1, -0.05) is 12.1 Å². The maximum atomic E-state index is 12.8. The van der Waals surface area contributed by atoms with Crippen molar-refractivity contribution in [1.82, 2.24) is 20.4 Å². The first-order chi connectivity index (χ1) is 15.0. The molecule has 0 saturated carbocycles. The number of rotatable bonds is 8. The molecule has 2 amide bonds. The lowest BCUT2D eigenvalue weighted by Crippen LogP contribution is -2.51.